The highest BCUT2D eigenvalue weighted by Gasteiger charge is 2.00. The van der Waals surface area contributed by atoms with E-state index >= 15 is 0 Å². The predicted molar refractivity (Wildman–Crippen MR) is 53.3 cm³/mol. The largest absolute Gasteiger partial charge is 0.489 e. The van der Waals surface area contributed by atoms with Crippen LogP contribution in [0, 0.1) is 0 Å². The molecule has 12 heavy (non-hydrogen) atoms. The number of benzene rings is 1. The second kappa shape index (κ2) is 4.48. The summed E-state index contributed by atoms with van der Waals surface area (Å²) in [5, 5.41) is 0. The summed E-state index contributed by atoms with van der Waals surface area (Å²) in [7, 11) is 0. The Balaban J connectivity index is 2.63. The van der Waals surface area contributed by atoms with Gasteiger partial charge in [-0.15, -0.1) is 0 Å². The molecule has 66 valence electrons. The van der Waals surface area contributed by atoms with Crippen LogP contribution in [-0.4, -0.2) is 12.6 Å². The van der Waals surface area contributed by atoms with Crippen molar-refractivity contribution in [1.82, 2.24) is 0 Å². The minimum absolute atomic E-state index is 0.0688. The molecule has 0 fully saturated rings. The van der Waals surface area contributed by atoms with Crippen LogP contribution in [0.2, 0.25) is 0 Å². The minimum Gasteiger partial charge on any atom is -0.489 e. The van der Waals surface area contributed by atoms with Gasteiger partial charge in [0.25, 0.3) is 0 Å². The van der Waals surface area contributed by atoms with Gasteiger partial charge in [0.15, 0.2) is 0 Å². The molecule has 1 rings (SSSR count). The van der Waals surface area contributed by atoms with Crippen molar-refractivity contribution < 1.29 is 4.74 Å². The van der Waals surface area contributed by atoms with Crippen molar-refractivity contribution in [3.8, 4) is 5.75 Å². The molecule has 0 radical (unpaired) electrons. The van der Waals surface area contributed by atoms with Crippen molar-refractivity contribution >= 4 is 15.9 Å². The number of nitrogens with two attached hydrogens (primary N) is 1. The lowest BCUT2D eigenvalue weighted by Gasteiger charge is -2.11. The Labute approximate surface area is 80.8 Å². The molecule has 3 heteroatoms. The summed E-state index contributed by atoms with van der Waals surface area (Å²) in [6, 6.07) is 7.73. The van der Waals surface area contributed by atoms with E-state index in [1.54, 1.807) is 0 Å². The topological polar surface area (TPSA) is 35.2 Å². The van der Waals surface area contributed by atoms with Crippen LogP contribution in [0.15, 0.2) is 28.7 Å². The summed E-state index contributed by atoms with van der Waals surface area (Å²) in [5.74, 6) is 0.849. The zero-order chi connectivity index (χ0) is 8.97. The van der Waals surface area contributed by atoms with Gasteiger partial charge in [0.05, 0.1) is 0 Å². The third-order valence-corrected chi connectivity index (χ3v) is 1.96. The Morgan fingerprint density at radius 3 is 2.92 bits per heavy atom. The van der Waals surface area contributed by atoms with E-state index in [1.165, 1.54) is 0 Å². The Hall–Kier alpha value is -0.540. The van der Waals surface area contributed by atoms with E-state index < -0.39 is 0 Å². The number of rotatable bonds is 3. The van der Waals surface area contributed by atoms with Crippen LogP contribution in [0.1, 0.15) is 6.92 Å². The molecule has 1 aromatic rings. The Kier molecular flexibility index (Phi) is 3.56. The second-order valence-corrected chi connectivity index (χ2v) is 3.54. The zero-order valence-electron chi connectivity index (χ0n) is 6.96. The fourth-order valence-corrected chi connectivity index (χ4v) is 1.20. The van der Waals surface area contributed by atoms with Crippen LogP contribution in [0.4, 0.5) is 0 Å². The highest BCUT2D eigenvalue weighted by atomic mass is 79.9. The quantitative estimate of drug-likeness (QED) is 0.863. The smallest absolute Gasteiger partial charge is 0.120 e. The molecule has 0 aliphatic rings. The molecule has 2 N–H and O–H groups in total. The first-order valence-corrected chi connectivity index (χ1v) is 4.64. The summed E-state index contributed by atoms with van der Waals surface area (Å²) in [6.07, 6.45) is 0.0688. The van der Waals surface area contributed by atoms with Gasteiger partial charge in [-0.05, 0) is 25.1 Å². The number of hydrogen-bond donors (Lipinski definition) is 1. The molecular weight excluding hydrogens is 218 g/mol. The molecule has 0 saturated heterocycles. The summed E-state index contributed by atoms with van der Waals surface area (Å²) >= 11 is 3.36. The van der Waals surface area contributed by atoms with Crippen LogP contribution in [0.3, 0.4) is 0 Å². The number of hydrogen-bond acceptors (Lipinski definition) is 2. The molecule has 0 aliphatic carbocycles. The molecule has 2 nitrogen and oxygen atoms in total. The maximum Gasteiger partial charge on any atom is 0.120 e. The first-order chi connectivity index (χ1) is 5.72. The van der Waals surface area contributed by atoms with Gasteiger partial charge in [0.2, 0.25) is 0 Å². The first-order valence-electron chi connectivity index (χ1n) is 3.84. The summed E-state index contributed by atoms with van der Waals surface area (Å²) in [6.45, 7) is 2.48. The fourth-order valence-electron chi connectivity index (χ4n) is 0.821. The molecule has 0 aromatic heterocycles. The maximum absolute atomic E-state index is 5.49. The Morgan fingerprint density at radius 2 is 2.33 bits per heavy atom. The molecule has 0 saturated carbocycles. The normalized spacial score (nSPS) is 12.6. The average molecular weight is 230 g/mol. The van der Waals surface area contributed by atoms with E-state index in [0.29, 0.717) is 6.54 Å². The van der Waals surface area contributed by atoms with Crippen LogP contribution in [-0.2, 0) is 0 Å². The van der Waals surface area contributed by atoms with E-state index in [-0.39, 0.29) is 6.10 Å². The number of halogens is 1. The molecule has 1 aromatic carbocycles. The van der Waals surface area contributed by atoms with Gasteiger partial charge in [0, 0.05) is 11.0 Å². The van der Waals surface area contributed by atoms with Crippen molar-refractivity contribution in [2.45, 2.75) is 13.0 Å². The average Bonchev–Trinajstić information content (AvgIpc) is 2.04. The van der Waals surface area contributed by atoms with Crippen molar-refractivity contribution in [3.63, 3.8) is 0 Å². The van der Waals surface area contributed by atoms with Crippen molar-refractivity contribution in [1.29, 1.82) is 0 Å². The van der Waals surface area contributed by atoms with Crippen LogP contribution in [0.5, 0.6) is 5.75 Å². The highest BCUT2D eigenvalue weighted by molar-refractivity contribution is 9.10. The molecule has 0 spiro atoms. The highest BCUT2D eigenvalue weighted by Crippen LogP contribution is 2.18. The summed E-state index contributed by atoms with van der Waals surface area (Å²) in [4.78, 5) is 0. The van der Waals surface area contributed by atoms with E-state index in [2.05, 4.69) is 15.9 Å². The molecular formula is C9H12BrNO. The zero-order valence-corrected chi connectivity index (χ0v) is 8.54. The van der Waals surface area contributed by atoms with Crippen LogP contribution in [0.25, 0.3) is 0 Å². The monoisotopic (exact) mass is 229 g/mol. The second-order valence-electron chi connectivity index (χ2n) is 2.62. The van der Waals surface area contributed by atoms with E-state index in [9.17, 15) is 0 Å². The van der Waals surface area contributed by atoms with E-state index in [1.807, 2.05) is 31.2 Å². The maximum atomic E-state index is 5.49. The third kappa shape index (κ3) is 2.83. The van der Waals surface area contributed by atoms with Gasteiger partial charge in [-0.3, -0.25) is 0 Å². The molecule has 0 heterocycles. The Morgan fingerprint density at radius 1 is 1.58 bits per heavy atom. The Bertz CT molecular complexity index is 252. The van der Waals surface area contributed by atoms with Crippen LogP contribution < -0.4 is 10.5 Å². The standard InChI is InChI=1S/C9H12BrNO/c1-7(6-11)12-9-4-2-3-8(10)5-9/h2-5,7H,6,11H2,1H3. The molecule has 0 aliphatic heterocycles. The predicted octanol–water partition coefficient (Wildman–Crippen LogP) is 2.18. The fraction of sp³-hybridized carbons (Fsp3) is 0.333. The summed E-state index contributed by atoms with van der Waals surface area (Å²) in [5.41, 5.74) is 5.42. The van der Waals surface area contributed by atoms with Crippen molar-refractivity contribution in [2.75, 3.05) is 6.54 Å². The molecule has 1 atom stereocenters. The minimum atomic E-state index is 0.0688. The van der Waals surface area contributed by atoms with Gasteiger partial charge >= 0.3 is 0 Å². The third-order valence-electron chi connectivity index (χ3n) is 1.47. The van der Waals surface area contributed by atoms with Crippen molar-refractivity contribution in [2.24, 2.45) is 5.73 Å². The van der Waals surface area contributed by atoms with Gasteiger partial charge < -0.3 is 10.5 Å². The van der Waals surface area contributed by atoms with Crippen LogP contribution >= 0.6 is 15.9 Å². The van der Waals surface area contributed by atoms with Gasteiger partial charge in [-0.2, -0.15) is 0 Å². The first kappa shape index (κ1) is 9.55. The van der Waals surface area contributed by atoms with Gasteiger partial charge in [-0.1, -0.05) is 22.0 Å². The molecule has 0 amide bonds. The summed E-state index contributed by atoms with van der Waals surface area (Å²) < 4.78 is 6.51. The van der Waals surface area contributed by atoms with E-state index in [4.69, 9.17) is 10.5 Å². The molecule has 0 bridgehead atoms. The lowest BCUT2D eigenvalue weighted by molar-refractivity contribution is 0.230. The lowest BCUT2D eigenvalue weighted by atomic mass is 10.3. The van der Waals surface area contributed by atoms with E-state index in [0.717, 1.165) is 10.2 Å². The lowest BCUT2D eigenvalue weighted by Crippen LogP contribution is -2.22. The van der Waals surface area contributed by atoms with Crippen molar-refractivity contribution in [3.05, 3.63) is 28.7 Å². The van der Waals surface area contributed by atoms with Gasteiger partial charge in [-0.25, -0.2) is 0 Å². The molecule has 1 unspecified atom stereocenters. The number of ether oxygens (including phenoxy) is 1. The SMILES string of the molecule is CC(CN)Oc1cccc(Br)c1. The van der Waals surface area contributed by atoms with Gasteiger partial charge in [0.1, 0.15) is 11.9 Å².